The fraction of sp³-hybridized carbons (Fsp3) is 0.250. The lowest BCUT2D eigenvalue weighted by Crippen LogP contribution is -2.26. The van der Waals surface area contributed by atoms with Gasteiger partial charge in [0, 0.05) is 7.05 Å². The Hall–Kier alpha value is -1.95. The largest absolute Gasteiger partial charge is 0.480 e. The molecule has 0 aliphatic heterocycles. The van der Waals surface area contributed by atoms with Crippen molar-refractivity contribution in [2.45, 2.75) is 6.92 Å². The van der Waals surface area contributed by atoms with Crippen LogP contribution in [0.4, 0.5) is 5.82 Å². The van der Waals surface area contributed by atoms with E-state index in [-0.39, 0.29) is 6.54 Å². The molecule has 0 aliphatic carbocycles. The van der Waals surface area contributed by atoms with Gasteiger partial charge in [-0.15, -0.1) is 21.5 Å². The lowest BCUT2D eigenvalue weighted by molar-refractivity contribution is -0.135. The summed E-state index contributed by atoms with van der Waals surface area (Å²) in [6.07, 6.45) is 0. The highest BCUT2D eigenvalue weighted by atomic mass is 32.1. The fourth-order valence-electron chi connectivity index (χ4n) is 1.57. The first-order valence-electron chi connectivity index (χ1n) is 5.39. The van der Waals surface area contributed by atoms with Crippen LogP contribution in [0, 0.1) is 6.92 Å². The van der Waals surface area contributed by atoms with E-state index in [0.717, 1.165) is 10.6 Å². The Labute approximate surface area is 109 Å². The zero-order valence-electron chi connectivity index (χ0n) is 10.1. The summed E-state index contributed by atoms with van der Waals surface area (Å²) in [5.74, 6) is -0.340. The molecule has 5 nitrogen and oxygen atoms in total. The van der Waals surface area contributed by atoms with Gasteiger partial charge < -0.3 is 10.0 Å². The number of likely N-dealkylation sites (N-methyl/N-ethyl adjacent to an activating group) is 1. The second kappa shape index (κ2) is 5.14. The van der Waals surface area contributed by atoms with E-state index in [0.29, 0.717) is 5.82 Å². The van der Waals surface area contributed by atoms with Crippen molar-refractivity contribution in [2.75, 3.05) is 18.5 Å². The van der Waals surface area contributed by atoms with Gasteiger partial charge in [-0.05, 0) is 36.1 Å². The molecule has 1 N–H and O–H groups in total. The summed E-state index contributed by atoms with van der Waals surface area (Å²) in [5, 5.41) is 18.9. The van der Waals surface area contributed by atoms with E-state index in [1.807, 2.05) is 24.4 Å². The van der Waals surface area contributed by atoms with Gasteiger partial charge in [0.05, 0.1) is 4.88 Å². The van der Waals surface area contributed by atoms with Crippen LogP contribution in [0.5, 0.6) is 0 Å². The number of aromatic nitrogens is 2. The summed E-state index contributed by atoms with van der Waals surface area (Å²) in [7, 11) is 1.67. The van der Waals surface area contributed by atoms with E-state index in [9.17, 15) is 4.79 Å². The number of hydrogen-bond acceptors (Lipinski definition) is 5. The maximum Gasteiger partial charge on any atom is 0.323 e. The second-order valence-electron chi connectivity index (χ2n) is 3.96. The molecule has 0 atom stereocenters. The minimum Gasteiger partial charge on any atom is -0.480 e. The van der Waals surface area contributed by atoms with Crippen LogP contribution in [-0.2, 0) is 4.79 Å². The molecule has 0 radical (unpaired) electrons. The third-order valence-corrected chi connectivity index (χ3v) is 3.55. The molecule has 0 aromatic carbocycles. The van der Waals surface area contributed by atoms with E-state index in [4.69, 9.17) is 5.11 Å². The van der Waals surface area contributed by atoms with Gasteiger partial charge in [-0.25, -0.2) is 0 Å². The Morgan fingerprint density at radius 1 is 1.39 bits per heavy atom. The number of aryl methyl sites for hydroxylation is 1. The molecule has 2 heterocycles. The van der Waals surface area contributed by atoms with Gasteiger partial charge in [-0.1, -0.05) is 0 Å². The number of nitrogens with zero attached hydrogens (tertiary/aromatic N) is 3. The summed E-state index contributed by atoms with van der Waals surface area (Å²) in [6.45, 7) is 1.93. The Morgan fingerprint density at radius 2 is 2.17 bits per heavy atom. The van der Waals surface area contributed by atoms with Crippen LogP contribution in [0.2, 0.25) is 0 Å². The number of carbonyl (C=O) groups is 1. The van der Waals surface area contributed by atoms with E-state index >= 15 is 0 Å². The summed E-state index contributed by atoms with van der Waals surface area (Å²) >= 11 is 1.62. The van der Waals surface area contributed by atoms with Gasteiger partial charge in [-0.2, -0.15) is 0 Å². The Bertz CT molecular complexity index is 551. The summed E-state index contributed by atoms with van der Waals surface area (Å²) in [4.78, 5) is 13.2. The van der Waals surface area contributed by atoms with Crippen LogP contribution < -0.4 is 4.90 Å². The first-order chi connectivity index (χ1) is 8.58. The molecule has 2 aromatic rings. The molecule has 0 amide bonds. The number of carboxylic acid groups (broad SMARTS) is 1. The minimum atomic E-state index is -0.891. The van der Waals surface area contributed by atoms with Gasteiger partial charge in [-0.3, -0.25) is 4.79 Å². The van der Waals surface area contributed by atoms with Gasteiger partial charge in [0.2, 0.25) is 0 Å². The Morgan fingerprint density at radius 3 is 2.67 bits per heavy atom. The second-order valence-corrected chi connectivity index (χ2v) is 4.88. The molecular formula is C12H13N3O2S. The molecule has 0 unspecified atom stereocenters. The molecule has 0 bridgehead atoms. The summed E-state index contributed by atoms with van der Waals surface area (Å²) in [5.41, 5.74) is 1.98. The standard InChI is InChI=1S/C12H13N3O2S/c1-8-5-6-18-12(8)9-3-4-10(14-13-9)15(2)7-11(16)17/h3-6H,7H2,1-2H3,(H,16,17). The topological polar surface area (TPSA) is 66.3 Å². The molecule has 94 valence electrons. The van der Waals surface area contributed by atoms with Gasteiger partial charge in [0.25, 0.3) is 0 Å². The van der Waals surface area contributed by atoms with Gasteiger partial charge in [0.1, 0.15) is 12.2 Å². The van der Waals surface area contributed by atoms with E-state index < -0.39 is 5.97 Å². The maximum atomic E-state index is 10.6. The van der Waals surface area contributed by atoms with Crippen molar-refractivity contribution in [3.8, 4) is 10.6 Å². The molecule has 0 aliphatic rings. The number of rotatable bonds is 4. The molecule has 2 aromatic heterocycles. The number of thiophene rings is 1. The zero-order valence-corrected chi connectivity index (χ0v) is 10.9. The maximum absolute atomic E-state index is 10.6. The normalized spacial score (nSPS) is 10.3. The minimum absolute atomic E-state index is 0.0912. The lowest BCUT2D eigenvalue weighted by atomic mass is 10.2. The number of carboxylic acids is 1. The average Bonchev–Trinajstić information content (AvgIpc) is 2.75. The monoisotopic (exact) mass is 263 g/mol. The lowest BCUT2D eigenvalue weighted by Gasteiger charge is -2.14. The van der Waals surface area contributed by atoms with Crippen molar-refractivity contribution in [3.05, 3.63) is 29.1 Å². The number of aliphatic carboxylic acids is 1. The van der Waals surface area contributed by atoms with E-state index in [2.05, 4.69) is 10.2 Å². The Balaban J connectivity index is 2.20. The predicted molar refractivity (Wildman–Crippen MR) is 71.0 cm³/mol. The van der Waals surface area contributed by atoms with Crippen molar-refractivity contribution in [3.63, 3.8) is 0 Å². The van der Waals surface area contributed by atoms with Crippen LogP contribution in [-0.4, -0.2) is 34.9 Å². The highest BCUT2D eigenvalue weighted by Crippen LogP contribution is 2.27. The molecule has 0 saturated carbocycles. The fourth-order valence-corrected chi connectivity index (χ4v) is 2.46. The first-order valence-corrected chi connectivity index (χ1v) is 6.27. The third kappa shape index (κ3) is 2.65. The highest BCUT2D eigenvalue weighted by Gasteiger charge is 2.09. The zero-order chi connectivity index (χ0) is 13.1. The predicted octanol–water partition coefficient (Wildman–Crippen LogP) is 2.03. The number of anilines is 1. The average molecular weight is 263 g/mol. The van der Waals surface area contributed by atoms with Crippen LogP contribution >= 0.6 is 11.3 Å². The molecule has 0 saturated heterocycles. The number of hydrogen-bond donors (Lipinski definition) is 1. The van der Waals surface area contributed by atoms with Crippen LogP contribution in [0.25, 0.3) is 10.6 Å². The van der Waals surface area contributed by atoms with Crippen LogP contribution in [0.1, 0.15) is 5.56 Å². The van der Waals surface area contributed by atoms with E-state index in [1.54, 1.807) is 29.4 Å². The molecule has 6 heteroatoms. The molecule has 18 heavy (non-hydrogen) atoms. The quantitative estimate of drug-likeness (QED) is 0.914. The van der Waals surface area contributed by atoms with E-state index in [1.165, 1.54) is 5.56 Å². The third-order valence-electron chi connectivity index (χ3n) is 2.51. The van der Waals surface area contributed by atoms with Gasteiger partial charge in [0.15, 0.2) is 5.82 Å². The van der Waals surface area contributed by atoms with Crippen molar-refractivity contribution >= 4 is 23.1 Å². The van der Waals surface area contributed by atoms with Crippen molar-refractivity contribution < 1.29 is 9.90 Å². The summed E-state index contributed by atoms with van der Waals surface area (Å²) in [6, 6.07) is 5.68. The van der Waals surface area contributed by atoms with Crippen LogP contribution in [0.3, 0.4) is 0 Å². The first kappa shape index (κ1) is 12.5. The summed E-state index contributed by atoms with van der Waals surface area (Å²) < 4.78 is 0. The van der Waals surface area contributed by atoms with Crippen molar-refractivity contribution in [2.24, 2.45) is 0 Å². The molecule has 0 fully saturated rings. The highest BCUT2D eigenvalue weighted by molar-refractivity contribution is 7.13. The van der Waals surface area contributed by atoms with Crippen molar-refractivity contribution in [1.29, 1.82) is 0 Å². The molecule has 0 spiro atoms. The Kier molecular flexibility index (Phi) is 3.57. The van der Waals surface area contributed by atoms with Gasteiger partial charge >= 0.3 is 5.97 Å². The van der Waals surface area contributed by atoms with Crippen LogP contribution in [0.15, 0.2) is 23.6 Å². The van der Waals surface area contributed by atoms with Crippen molar-refractivity contribution in [1.82, 2.24) is 10.2 Å². The molecular weight excluding hydrogens is 250 g/mol. The molecule has 2 rings (SSSR count). The SMILES string of the molecule is Cc1ccsc1-c1ccc(N(C)CC(=O)O)nn1. The smallest absolute Gasteiger partial charge is 0.323 e.